The van der Waals surface area contributed by atoms with E-state index in [1.165, 1.54) is 6.42 Å². The first-order valence-corrected chi connectivity index (χ1v) is 7.44. The van der Waals surface area contributed by atoms with Crippen LogP contribution >= 0.6 is 0 Å². The lowest BCUT2D eigenvalue weighted by atomic mass is 9.87. The number of hydrogen-bond acceptors (Lipinski definition) is 1. The van der Waals surface area contributed by atoms with Gasteiger partial charge >= 0.3 is 0 Å². The Morgan fingerprint density at radius 3 is 2.75 bits per heavy atom. The molecule has 20 heavy (non-hydrogen) atoms. The van der Waals surface area contributed by atoms with E-state index in [2.05, 4.69) is 13.0 Å². The van der Waals surface area contributed by atoms with Crippen LogP contribution < -0.4 is 4.74 Å². The van der Waals surface area contributed by atoms with Crippen molar-refractivity contribution in [3.8, 4) is 5.75 Å². The Labute approximate surface area is 118 Å². The minimum atomic E-state index is -0.861. The van der Waals surface area contributed by atoms with Gasteiger partial charge in [0.05, 0.1) is 6.61 Å². The molecule has 0 saturated heterocycles. The van der Waals surface area contributed by atoms with Crippen molar-refractivity contribution >= 4 is 5.57 Å². The van der Waals surface area contributed by atoms with Gasteiger partial charge in [-0.1, -0.05) is 13.0 Å². The van der Waals surface area contributed by atoms with Crippen LogP contribution in [-0.4, -0.2) is 6.61 Å². The number of benzene rings is 1. The van der Waals surface area contributed by atoms with Crippen molar-refractivity contribution in [2.24, 2.45) is 17.8 Å². The summed E-state index contributed by atoms with van der Waals surface area (Å²) in [6, 6.07) is 3.21. The highest BCUT2D eigenvalue weighted by Crippen LogP contribution is 2.51. The van der Waals surface area contributed by atoms with Crippen LogP contribution in [0.1, 0.15) is 38.7 Å². The first kappa shape index (κ1) is 13.6. The third kappa shape index (κ3) is 2.04. The summed E-state index contributed by atoms with van der Waals surface area (Å²) in [6.45, 7) is 4.35. The molecule has 3 heteroatoms. The van der Waals surface area contributed by atoms with Gasteiger partial charge in [-0.15, -0.1) is 0 Å². The van der Waals surface area contributed by atoms with Crippen LogP contribution in [0.25, 0.3) is 5.57 Å². The van der Waals surface area contributed by atoms with E-state index in [0.717, 1.165) is 18.4 Å². The standard InChI is InChI=1S/C17H20F2O/c1-3-20-15-9-8-14(16(18)17(15)19)13-7-6-11-10(2)4-5-12(11)13/h7-12H,3-6H2,1-2H3. The lowest BCUT2D eigenvalue weighted by Crippen LogP contribution is -2.09. The summed E-state index contributed by atoms with van der Waals surface area (Å²) < 4.78 is 33.4. The molecule has 0 radical (unpaired) electrons. The Kier molecular flexibility index (Phi) is 3.53. The topological polar surface area (TPSA) is 9.23 Å². The molecular weight excluding hydrogens is 258 g/mol. The molecule has 1 fully saturated rings. The molecule has 1 nitrogen and oxygen atoms in total. The van der Waals surface area contributed by atoms with Gasteiger partial charge in [0, 0.05) is 5.56 Å². The van der Waals surface area contributed by atoms with Crippen molar-refractivity contribution in [2.75, 3.05) is 6.61 Å². The molecule has 0 aliphatic heterocycles. The molecule has 3 unspecified atom stereocenters. The minimum absolute atomic E-state index is 0.00341. The fraction of sp³-hybridized carbons (Fsp3) is 0.529. The first-order valence-electron chi connectivity index (χ1n) is 7.44. The van der Waals surface area contributed by atoms with E-state index in [1.807, 2.05) is 0 Å². The summed E-state index contributed by atoms with van der Waals surface area (Å²) in [7, 11) is 0. The minimum Gasteiger partial charge on any atom is -0.491 e. The average Bonchev–Trinajstić information content (AvgIpc) is 3.00. The molecular formula is C17H20F2O. The quantitative estimate of drug-likeness (QED) is 0.770. The second kappa shape index (κ2) is 5.19. The van der Waals surface area contributed by atoms with Gasteiger partial charge in [0.2, 0.25) is 5.82 Å². The number of allylic oxidation sites excluding steroid dienone is 2. The first-order chi connectivity index (χ1) is 9.63. The van der Waals surface area contributed by atoms with Crippen molar-refractivity contribution in [3.63, 3.8) is 0 Å². The van der Waals surface area contributed by atoms with E-state index >= 15 is 0 Å². The Balaban J connectivity index is 1.94. The Morgan fingerprint density at radius 2 is 2.00 bits per heavy atom. The predicted octanol–water partition coefficient (Wildman–Crippen LogP) is 4.81. The zero-order valence-corrected chi connectivity index (χ0v) is 12.0. The Hall–Kier alpha value is -1.38. The lowest BCUT2D eigenvalue weighted by Gasteiger charge is -2.18. The highest BCUT2D eigenvalue weighted by Gasteiger charge is 2.39. The highest BCUT2D eigenvalue weighted by atomic mass is 19.2. The van der Waals surface area contributed by atoms with E-state index in [4.69, 9.17) is 4.74 Å². The molecule has 1 aromatic carbocycles. The van der Waals surface area contributed by atoms with Crippen LogP contribution in [0.5, 0.6) is 5.75 Å². The largest absolute Gasteiger partial charge is 0.491 e. The predicted molar refractivity (Wildman–Crippen MR) is 75.5 cm³/mol. The summed E-state index contributed by atoms with van der Waals surface area (Å²) in [4.78, 5) is 0. The molecule has 0 heterocycles. The summed E-state index contributed by atoms with van der Waals surface area (Å²) in [5.74, 6) is 0.0751. The smallest absolute Gasteiger partial charge is 0.201 e. The SMILES string of the molecule is CCOc1ccc(C2=CCC3C(C)CCC23)c(F)c1F. The molecule has 108 valence electrons. The van der Waals surface area contributed by atoms with Crippen molar-refractivity contribution in [3.05, 3.63) is 35.4 Å². The zero-order chi connectivity index (χ0) is 14.3. The monoisotopic (exact) mass is 278 g/mol. The summed E-state index contributed by atoms with van der Waals surface area (Å²) in [5.41, 5.74) is 1.42. The number of ether oxygens (including phenoxy) is 1. The average molecular weight is 278 g/mol. The van der Waals surface area contributed by atoms with Crippen molar-refractivity contribution in [2.45, 2.75) is 33.1 Å². The van der Waals surface area contributed by atoms with Gasteiger partial charge in [-0.05, 0) is 61.6 Å². The maximum atomic E-state index is 14.3. The van der Waals surface area contributed by atoms with E-state index in [9.17, 15) is 8.78 Å². The van der Waals surface area contributed by atoms with Gasteiger partial charge in [0.1, 0.15) is 0 Å². The molecule has 0 bridgehead atoms. The fourth-order valence-electron chi connectivity index (χ4n) is 3.80. The number of fused-ring (bicyclic) bond motifs is 1. The third-order valence-corrected chi connectivity index (χ3v) is 4.85. The molecule has 0 spiro atoms. The van der Waals surface area contributed by atoms with Gasteiger partial charge in [0.15, 0.2) is 11.6 Å². The second-order valence-corrected chi connectivity index (χ2v) is 5.89. The van der Waals surface area contributed by atoms with Gasteiger partial charge in [-0.2, -0.15) is 4.39 Å². The normalized spacial score (nSPS) is 28.4. The molecule has 3 rings (SSSR count). The van der Waals surface area contributed by atoms with Crippen LogP contribution in [0, 0.1) is 29.4 Å². The van der Waals surface area contributed by atoms with E-state index in [1.54, 1.807) is 19.1 Å². The molecule has 0 N–H and O–H groups in total. The Morgan fingerprint density at radius 1 is 1.20 bits per heavy atom. The van der Waals surface area contributed by atoms with Crippen LogP contribution in [0.4, 0.5) is 8.78 Å². The highest BCUT2D eigenvalue weighted by molar-refractivity contribution is 5.71. The van der Waals surface area contributed by atoms with Crippen LogP contribution in [-0.2, 0) is 0 Å². The van der Waals surface area contributed by atoms with E-state index in [0.29, 0.717) is 29.9 Å². The second-order valence-electron chi connectivity index (χ2n) is 5.89. The molecule has 1 saturated carbocycles. The Bertz CT molecular complexity index is 550. The van der Waals surface area contributed by atoms with Crippen molar-refractivity contribution < 1.29 is 13.5 Å². The summed E-state index contributed by atoms with van der Waals surface area (Å²) in [6.07, 6.45) is 5.37. The molecule has 1 aromatic rings. The summed E-state index contributed by atoms with van der Waals surface area (Å²) in [5, 5.41) is 0. The number of hydrogen-bond donors (Lipinski definition) is 0. The molecule has 2 aliphatic rings. The van der Waals surface area contributed by atoms with E-state index in [-0.39, 0.29) is 5.75 Å². The maximum absolute atomic E-state index is 14.3. The zero-order valence-electron chi connectivity index (χ0n) is 12.0. The maximum Gasteiger partial charge on any atom is 0.201 e. The molecule has 0 aromatic heterocycles. The van der Waals surface area contributed by atoms with Crippen molar-refractivity contribution in [1.29, 1.82) is 0 Å². The molecule has 3 atom stereocenters. The number of halogens is 2. The number of rotatable bonds is 3. The van der Waals surface area contributed by atoms with Gasteiger partial charge in [-0.25, -0.2) is 4.39 Å². The lowest BCUT2D eigenvalue weighted by molar-refractivity contribution is 0.313. The van der Waals surface area contributed by atoms with Gasteiger partial charge in [0.25, 0.3) is 0 Å². The van der Waals surface area contributed by atoms with Crippen LogP contribution in [0.3, 0.4) is 0 Å². The van der Waals surface area contributed by atoms with Gasteiger partial charge in [-0.3, -0.25) is 0 Å². The summed E-state index contributed by atoms with van der Waals surface area (Å²) >= 11 is 0. The third-order valence-electron chi connectivity index (χ3n) is 4.85. The van der Waals surface area contributed by atoms with E-state index < -0.39 is 11.6 Å². The van der Waals surface area contributed by atoms with Crippen LogP contribution in [0.2, 0.25) is 0 Å². The molecule has 0 amide bonds. The fourth-order valence-corrected chi connectivity index (χ4v) is 3.80. The molecule has 2 aliphatic carbocycles. The van der Waals surface area contributed by atoms with Gasteiger partial charge < -0.3 is 4.74 Å². The van der Waals surface area contributed by atoms with Crippen molar-refractivity contribution in [1.82, 2.24) is 0 Å². The van der Waals surface area contributed by atoms with Crippen LogP contribution in [0.15, 0.2) is 18.2 Å².